The Hall–Kier alpha value is -3.72. The number of pyridine rings is 1. The maximum atomic E-state index is 9.63. The Kier molecular flexibility index (Phi) is 5.13. The molecule has 0 saturated carbocycles. The average Bonchev–Trinajstić information content (AvgIpc) is 2.72. The van der Waals surface area contributed by atoms with Crippen LogP contribution in [0.25, 0.3) is 22.4 Å². The number of nitriles is 1. The van der Waals surface area contributed by atoms with Crippen LogP contribution in [0.5, 0.6) is 17.2 Å². The molecule has 0 aliphatic rings. The summed E-state index contributed by atoms with van der Waals surface area (Å²) in [6.07, 6.45) is 0. The van der Waals surface area contributed by atoms with Gasteiger partial charge in [0.25, 0.3) is 5.82 Å². The second-order valence-electron chi connectivity index (χ2n) is 5.76. The van der Waals surface area contributed by atoms with Gasteiger partial charge in [-0.2, -0.15) is 5.26 Å². The molecular weight excluding hydrogens is 342 g/mol. The average molecular weight is 362 g/mol. The number of nitrogens with zero attached hydrogens (tertiary/aromatic N) is 1. The van der Waals surface area contributed by atoms with Gasteiger partial charge in [0.15, 0.2) is 0 Å². The van der Waals surface area contributed by atoms with Crippen LogP contribution < -0.4 is 24.9 Å². The zero-order valence-electron chi connectivity index (χ0n) is 15.4. The van der Waals surface area contributed by atoms with Gasteiger partial charge in [0.2, 0.25) is 0 Å². The first-order valence-electron chi connectivity index (χ1n) is 8.24. The van der Waals surface area contributed by atoms with E-state index in [4.69, 9.17) is 19.9 Å². The molecule has 0 aliphatic carbocycles. The summed E-state index contributed by atoms with van der Waals surface area (Å²) in [4.78, 5) is 3.10. The van der Waals surface area contributed by atoms with Gasteiger partial charge < -0.3 is 14.2 Å². The van der Waals surface area contributed by atoms with Gasteiger partial charge >= 0.3 is 0 Å². The number of aromatic nitrogens is 1. The minimum atomic E-state index is 0.265. The number of ether oxygens (including phenoxy) is 3. The minimum absolute atomic E-state index is 0.265. The third-order valence-corrected chi connectivity index (χ3v) is 4.30. The van der Waals surface area contributed by atoms with Crippen LogP contribution in [0.4, 0.5) is 5.82 Å². The minimum Gasteiger partial charge on any atom is -0.497 e. The maximum Gasteiger partial charge on any atom is 0.289 e. The summed E-state index contributed by atoms with van der Waals surface area (Å²) >= 11 is 0. The summed E-state index contributed by atoms with van der Waals surface area (Å²) in [5.74, 6) is 2.26. The van der Waals surface area contributed by atoms with E-state index >= 15 is 0 Å². The SMILES string of the molecule is COc1ccc(OC)c(-c2cc(-c3ccccc3OC)c(C#N)c(N)[nH+]2)c1. The highest BCUT2D eigenvalue weighted by molar-refractivity contribution is 5.82. The zero-order chi connectivity index (χ0) is 19.4. The molecule has 0 spiro atoms. The lowest BCUT2D eigenvalue weighted by atomic mass is 9.97. The number of methoxy groups -OCH3 is 3. The number of nitrogen functional groups attached to an aromatic ring is 1. The molecule has 0 unspecified atom stereocenters. The molecule has 27 heavy (non-hydrogen) atoms. The summed E-state index contributed by atoms with van der Waals surface area (Å²) in [5.41, 5.74) is 9.44. The molecule has 3 aromatic rings. The van der Waals surface area contributed by atoms with Crippen molar-refractivity contribution in [3.63, 3.8) is 0 Å². The highest BCUT2D eigenvalue weighted by Gasteiger charge is 2.21. The van der Waals surface area contributed by atoms with Gasteiger partial charge in [-0.15, -0.1) is 0 Å². The van der Waals surface area contributed by atoms with Crippen LogP contribution in [0.1, 0.15) is 5.56 Å². The molecule has 1 aromatic heterocycles. The number of rotatable bonds is 5. The highest BCUT2D eigenvalue weighted by atomic mass is 16.5. The van der Waals surface area contributed by atoms with E-state index in [1.807, 2.05) is 48.5 Å². The number of para-hydroxylation sites is 1. The van der Waals surface area contributed by atoms with Gasteiger partial charge in [-0.1, -0.05) is 18.2 Å². The molecule has 1 heterocycles. The van der Waals surface area contributed by atoms with Crippen molar-refractivity contribution in [2.45, 2.75) is 0 Å². The summed E-state index contributed by atoms with van der Waals surface area (Å²) in [7, 11) is 4.79. The molecule has 0 radical (unpaired) electrons. The first-order chi connectivity index (χ1) is 13.1. The Morgan fingerprint density at radius 3 is 2.22 bits per heavy atom. The molecule has 0 aliphatic heterocycles. The molecule has 3 N–H and O–H groups in total. The van der Waals surface area contributed by atoms with Crippen LogP contribution in [-0.2, 0) is 0 Å². The number of nitrogens with one attached hydrogen (secondary N) is 1. The lowest BCUT2D eigenvalue weighted by Crippen LogP contribution is -2.17. The first-order valence-corrected chi connectivity index (χ1v) is 8.24. The molecule has 0 amide bonds. The molecule has 6 nitrogen and oxygen atoms in total. The molecule has 0 fully saturated rings. The predicted octanol–water partition coefficient (Wildman–Crippen LogP) is 3.31. The van der Waals surface area contributed by atoms with Crippen molar-refractivity contribution in [2.75, 3.05) is 27.1 Å². The largest absolute Gasteiger partial charge is 0.497 e. The van der Waals surface area contributed by atoms with Crippen molar-refractivity contribution in [2.24, 2.45) is 0 Å². The lowest BCUT2D eigenvalue weighted by molar-refractivity contribution is -0.347. The number of anilines is 1. The normalized spacial score (nSPS) is 10.1. The number of H-pyrrole nitrogens is 1. The smallest absolute Gasteiger partial charge is 0.289 e. The van der Waals surface area contributed by atoms with E-state index < -0.39 is 0 Å². The second-order valence-corrected chi connectivity index (χ2v) is 5.76. The van der Waals surface area contributed by atoms with Crippen LogP contribution in [0, 0.1) is 11.3 Å². The Morgan fingerprint density at radius 1 is 0.852 bits per heavy atom. The fourth-order valence-corrected chi connectivity index (χ4v) is 2.97. The van der Waals surface area contributed by atoms with E-state index in [9.17, 15) is 5.26 Å². The molecular formula is C21H20N3O3+. The lowest BCUT2D eigenvalue weighted by Gasteiger charge is -2.13. The number of benzene rings is 2. The van der Waals surface area contributed by atoms with Crippen molar-refractivity contribution in [1.29, 1.82) is 5.26 Å². The Balaban J connectivity index is 2.30. The van der Waals surface area contributed by atoms with Crippen molar-refractivity contribution < 1.29 is 19.2 Å². The van der Waals surface area contributed by atoms with Crippen molar-refractivity contribution in [3.05, 3.63) is 54.1 Å². The van der Waals surface area contributed by atoms with E-state index in [-0.39, 0.29) is 5.82 Å². The van der Waals surface area contributed by atoms with Gasteiger partial charge in [-0.25, -0.2) is 4.98 Å². The van der Waals surface area contributed by atoms with Gasteiger partial charge in [-0.05, 0) is 30.3 Å². The molecule has 0 bridgehead atoms. The molecule has 0 atom stereocenters. The van der Waals surface area contributed by atoms with Crippen LogP contribution in [0.3, 0.4) is 0 Å². The number of nitrogens with two attached hydrogens (primary N) is 1. The van der Waals surface area contributed by atoms with Gasteiger partial charge in [0, 0.05) is 11.1 Å². The van der Waals surface area contributed by atoms with Crippen molar-refractivity contribution in [3.8, 4) is 45.7 Å². The molecule has 2 aromatic carbocycles. The standard InChI is InChI=1S/C21H19N3O3/c1-25-13-8-9-20(27-3)16(10-13)18-11-15(17(12-22)21(23)24-18)14-6-4-5-7-19(14)26-2/h4-11H,1-3H3,(H2,23,24)/p+1. The first kappa shape index (κ1) is 18.1. The number of hydrogen-bond donors (Lipinski definition) is 1. The molecule has 3 rings (SSSR count). The number of hydrogen-bond acceptors (Lipinski definition) is 5. The maximum absolute atomic E-state index is 9.63. The highest BCUT2D eigenvalue weighted by Crippen LogP contribution is 2.37. The second kappa shape index (κ2) is 7.67. The van der Waals surface area contributed by atoms with E-state index in [1.54, 1.807) is 21.3 Å². The predicted molar refractivity (Wildman–Crippen MR) is 103 cm³/mol. The third kappa shape index (κ3) is 3.35. The zero-order valence-corrected chi connectivity index (χ0v) is 15.4. The summed E-state index contributed by atoms with van der Waals surface area (Å²) < 4.78 is 16.3. The summed E-state index contributed by atoms with van der Waals surface area (Å²) in [6, 6.07) is 17.0. The van der Waals surface area contributed by atoms with Crippen molar-refractivity contribution in [1.82, 2.24) is 0 Å². The van der Waals surface area contributed by atoms with Gasteiger partial charge in [0.1, 0.15) is 34.6 Å². The Bertz CT molecular complexity index is 1030. The quantitative estimate of drug-likeness (QED) is 0.752. The Morgan fingerprint density at radius 2 is 1.56 bits per heavy atom. The fraction of sp³-hybridized carbons (Fsp3) is 0.143. The summed E-state index contributed by atoms with van der Waals surface area (Å²) in [5, 5.41) is 9.63. The van der Waals surface area contributed by atoms with E-state index in [2.05, 4.69) is 11.1 Å². The summed E-state index contributed by atoms with van der Waals surface area (Å²) in [6.45, 7) is 0. The van der Waals surface area contributed by atoms with Crippen LogP contribution in [0.2, 0.25) is 0 Å². The molecule has 0 saturated heterocycles. The van der Waals surface area contributed by atoms with E-state index in [0.29, 0.717) is 34.1 Å². The number of aromatic amines is 1. The van der Waals surface area contributed by atoms with E-state index in [0.717, 1.165) is 11.1 Å². The molecule has 6 heteroatoms. The Labute approximate surface area is 157 Å². The van der Waals surface area contributed by atoms with Gasteiger partial charge in [-0.3, -0.25) is 5.73 Å². The van der Waals surface area contributed by atoms with Crippen molar-refractivity contribution >= 4 is 5.82 Å². The van der Waals surface area contributed by atoms with Crippen LogP contribution in [0.15, 0.2) is 48.5 Å². The molecule has 136 valence electrons. The monoisotopic (exact) mass is 362 g/mol. The van der Waals surface area contributed by atoms with E-state index in [1.165, 1.54) is 0 Å². The van der Waals surface area contributed by atoms with Crippen LogP contribution >= 0.6 is 0 Å². The van der Waals surface area contributed by atoms with Gasteiger partial charge in [0.05, 0.1) is 26.9 Å². The fourth-order valence-electron chi connectivity index (χ4n) is 2.97. The third-order valence-electron chi connectivity index (χ3n) is 4.30. The van der Waals surface area contributed by atoms with Crippen LogP contribution in [-0.4, -0.2) is 21.3 Å². The topological polar surface area (TPSA) is 91.6 Å².